The van der Waals surface area contributed by atoms with Crippen LogP contribution in [-0.4, -0.2) is 4.57 Å². The van der Waals surface area contributed by atoms with Crippen molar-refractivity contribution in [3.05, 3.63) is 119 Å². The molecule has 3 nitrogen and oxygen atoms in total. The fraction of sp³-hybridized carbons (Fsp3) is 0.0345. The van der Waals surface area contributed by atoms with Gasteiger partial charge in [0.15, 0.2) is 0 Å². The SMILES string of the molecule is N#CC(=Cc1cn(Cc2cccc3ccccc23)c2ccccc12)c1cccc(C#N)c1. The van der Waals surface area contributed by atoms with Crippen LogP contribution in [0.1, 0.15) is 22.3 Å². The molecule has 0 atom stereocenters. The number of para-hydroxylation sites is 1. The summed E-state index contributed by atoms with van der Waals surface area (Å²) in [6.07, 6.45) is 4.02. The molecule has 0 spiro atoms. The van der Waals surface area contributed by atoms with E-state index in [9.17, 15) is 10.5 Å². The highest BCUT2D eigenvalue weighted by molar-refractivity contribution is 5.98. The van der Waals surface area contributed by atoms with Gasteiger partial charge in [0.2, 0.25) is 0 Å². The Kier molecular flexibility index (Phi) is 5.00. The van der Waals surface area contributed by atoms with Gasteiger partial charge in [-0.1, -0.05) is 72.8 Å². The van der Waals surface area contributed by atoms with E-state index in [0.717, 1.165) is 28.6 Å². The first-order valence-corrected chi connectivity index (χ1v) is 10.4. The summed E-state index contributed by atoms with van der Waals surface area (Å²) < 4.78 is 2.24. The number of rotatable bonds is 4. The van der Waals surface area contributed by atoms with Crippen LogP contribution in [0, 0.1) is 22.7 Å². The normalized spacial score (nSPS) is 11.4. The fourth-order valence-electron chi connectivity index (χ4n) is 4.23. The van der Waals surface area contributed by atoms with Crippen molar-refractivity contribution in [3.8, 4) is 12.1 Å². The molecule has 5 aromatic rings. The highest BCUT2D eigenvalue weighted by Crippen LogP contribution is 2.28. The maximum atomic E-state index is 9.83. The quantitative estimate of drug-likeness (QED) is 0.307. The molecular formula is C29H19N3. The summed E-state index contributed by atoms with van der Waals surface area (Å²) in [5.41, 5.74) is 5.19. The van der Waals surface area contributed by atoms with Gasteiger partial charge >= 0.3 is 0 Å². The van der Waals surface area contributed by atoms with Crippen LogP contribution in [0.3, 0.4) is 0 Å². The lowest BCUT2D eigenvalue weighted by atomic mass is 10.0. The zero-order chi connectivity index (χ0) is 21.9. The van der Waals surface area contributed by atoms with E-state index in [0.29, 0.717) is 11.1 Å². The molecule has 32 heavy (non-hydrogen) atoms. The largest absolute Gasteiger partial charge is 0.342 e. The molecule has 0 bridgehead atoms. The maximum absolute atomic E-state index is 9.83. The third-order valence-electron chi connectivity index (χ3n) is 5.76. The van der Waals surface area contributed by atoms with Crippen LogP contribution >= 0.6 is 0 Å². The summed E-state index contributed by atoms with van der Waals surface area (Å²) in [6.45, 7) is 0.738. The van der Waals surface area contributed by atoms with Crippen molar-refractivity contribution >= 4 is 33.3 Å². The summed E-state index contributed by atoms with van der Waals surface area (Å²) in [5.74, 6) is 0. The summed E-state index contributed by atoms with van der Waals surface area (Å²) in [6, 6.07) is 34.7. The zero-order valence-corrected chi connectivity index (χ0v) is 17.4. The van der Waals surface area contributed by atoms with Crippen molar-refractivity contribution in [2.75, 3.05) is 0 Å². The van der Waals surface area contributed by atoms with Gasteiger partial charge in [0.25, 0.3) is 0 Å². The predicted molar refractivity (Wildman–Crippen MR) is 130 cm³/mol. The average Bonchev–Trinajstić information content (AvgIpc) is 3.20. The molecule has 1 heterocycles. The molecule has 4 aromatic carbocycles. The number of aromatic nitrogens is 1. The molecule has 0 aliphatic rings. The van der Waals surface area contributed by atoms with Gasteiger partial charge in [0.1, 0.15) is 0 Å². The predicted octanol–water partition coefficient (Wildman–Crippen LogP) is 6.78. The Balaban J connectivity index is 1.62. The molecular weight excluding hydrogens is 390 g/mol. The summed E-state index contributed by atoms with van der Waals surface area (Å²) in [5, 5.41) is 22.6. The Bertz CT molecular complexity index is 1570. The van der Waals surface area contributed by atoms with Crippen molar-refractivity contribution < 1.29 is 0 Å². The molecule has 0 saturated heterocycles. The van der Waals surface area contributed by atoms with Gasteiger partial charge in [-0.2, -0.15) is 10.5 Å². The van der Waals surface area contributed by atoms with Crippen molar-refractivity contribution in [1.82, 2.24) is 4.57 Å². The first-order chi connectivity index (χ1) is 15.8. The molecule has 0 fully saturated rings. The number of hydrogen-bond acceptors (Lipinski definition) is 2. The molecule has 0 aliphatic carbocycles. The zero-order valence-electron chi connectivity index (χ0n) is 17.4. The lowest BCUT2D eigenvalue weighted by Gasteiger charge is -2.09. The van der Waals surface area contributed by atoms with E-state index in [4.69, 9.17) is 0 Å². The summed E-state index contributed by atoms with van der Waals surface area (Å²) in [7, 11) is 0. The molecule has 0 N–H and O–H groups in total. The molecule has 0 amide bonds. The van der Waals surface area contributed by atoms with Crippen LogP contribution in [0.25, 0.3) is 33.3 Å². The number of benzene rings is 4. The van der Waals surface area contributed by atoms with Gasteiger partial charge in [-0.3, -0.25) is 0 Å². The molecule has 3 heteroatoms. The average molecular weight is 409 g/mol. The van der Waals surface area contributed by atoms with Gasteiger partial charge in [-0.15, -0.1) is 0 Å². The highest BCUT2D eigenvalue weighted by Gasteiger charge is 2.11. The Labute approximate surface area is 186 Å². The van der Waals surface area contributed by atoms with Crippen LogP contribution in [0.5, 0.6) is 0 Å². The van der Waals surface area contributed by atoms with E-state index < -0.39 is 0 Å². The number of hydrogen-bond donors (Lipinski definition) is 0. The number of fused-ring (bicyclic) bond motifs is 2. The first-order valence-electron chi connectivity index (χ1n) is 10.4. The third kappa shape index (κ3) is 3.54. The Morgan fingerprint density at radius 1 is 0.812 bits per heavy atom. The minimum Gasteiger partial charge on any atom is -0.342 e. The summed E-state index contributed by atoms with van der Waals surface area (Å²) >= 11 is 0. The van der Waals surface area contributed by atoms with Crippen molar-refractivity contribution in [2.45, 2.75) is 6.54 Å². The Morgan fingerprint density at radius 3 is 2.41 bits per heavy atom. The molecule has 1 aromatic heterocycles. The molecule has 5 rings (SSSR count). The molecule has 0 aliphatic heterocycles. The van der Waals surface area contributed by atoms with Crippen LogP contribution in [0.15, 0.2) is 97.2 Å². The van der Waals surface area contributed by atoms with E-state index in [1.807, 2.05) is 30.3 Å². The second-order valence-corrected chi connectivity index (χ2v) is 7.73. The van der Waals surface area contributed by atoms with Crippen molar-refractivity contribution in [1.29, 1.82) is 10.5 Å². The van der Waals surface area contributed by atoms with Gasteiger partial charge in [0.05, 0.1) is 23.3 Å². The molecule has 0 saturated carbocycles. The van der Waals surface area contributed by atoms with Crippen LogP contribution in [0.2, 0.25) is 0 Å². The lowest BCUT2D eigenvalue weighted by molar-refractivity contribution is 0.842. The number of nitriles is 2. The topological polar surface area (TPSA) is 52.5 Å². The number of nitrogens with zero attached hydrogens (tertiary/aromatic N) is 3. The van der Waals surface area contributed by atoms with Crippen molar-refractivity contribution in [3.63, 3.8) is 0 Å². The van der Waals surface area contributed by atoms with E-state index in [2.05, 4.69) is 77.5 Å². The van der Waals surface area contributed by atoms with E-state index in [-0.39, 0.29) is 0 Å². The maximum Gasteiger partial charge on any atom is 0.0998 e. The van der Waals surface area contributed by atoms with Gasteiger partial charge in [-0.25, -0.2) is 0 Å². The van der Waals surface area contributed by atoms with Crippen LogP contribution in [-0.2, 0) is 6.54 Å². The van der Waals surface area contributed by atoms with Gasteiger partial charge < -0.3 is 4.57 Å². The first kappa shape index (κ1) is 19.4. The standard InChI is InChI=1S/C29H19N3/c30-17-21-7-5-10-23(15-21)25(18-31)16-26-20-32(29-14-4-3-13-28(26)29)19-24-11-6-9-22-8-1-2-12-27(22)24/h1-16,20H,19H2. The van der Waals surface area contributed by atoms with Crippen LogP contribution in [0.4, 0.5) is 0 Å². The van der Waals surface area contributed by atoms with E-state index in [1.54, 1.807) is 12.1 Å². The molecule has 0 unspecified atom stereocenters. The third-order valence-corrected chi connectivity index (χ3v) is 5.76. The summed E-state index contributed by atoms with van der Waals surface area (Å²) in [4.78, 5) is 0. The minimum atomic E-state index is 0.537. The second kappa shape index (κ2) is 8.26. The smallest absolute Gasteiger partial charge is 0.0998 e. The fourth-order valence-corrected chi connectivity index (χ4v) is 4.23. The van der Waals surface area contributed by atoms with E-state index >= 15 is 0 Å². The molecule has 150 valence electrons. The number of allylic oxidation sites excluding steroid dienone is 1. The Morgan fingerprint density at radius 2 is 1.56 bits per heavy atom. The Hall–Kier alpha value is -4.60. The van der Waals surface area contributed by atoms with Crippen LogP contribution < -0.4 is 0 Å². The second-order valence-electron chi connectivity index (χ2n) is 7.73. The lowest BCUT2D eigenvalue weighted by Crippen LogP contribution is -1.98. The monoisotopic (exact) mass is 409 g/mol. The highest BCUT2D eigenvalue weighted by atomic mass is 15.0. The van der Waals surface area contributed by atoms with Gasteiger partial charge in [0, 0.05) is 29.2 Å². The minimum absolute atomic E-state index is 0.537. The molecule has 0 radical (unpaired) electrons. The van der Waals surface area contributed by atoms with E-state index in [1.165, 1.54) is 16.3 Å². The van der Waals surface area contributed by atoms with Crippen molar-refractivity contribution in [2.24, 2.45) is 0 Å². The van der Waals surface area contributed by atoms with Gasteiger partial charge in [-0.05, 0) is 46.2 Å².